The molecule has 7 heteroatoms. The van der Waals surface area contributed by atoms with Crippen LogP contribution in [0.2, 0.25) is 0 Å². The minimum Gasteiger partial charge on any atom is -0.379 e. The monoisotopic (exact) mass is 325 g/mol. The molecule has 2 aliphatic rings. The molecule has 0 bridgehead atoms. The van der Waals surface area contributed by atoms with Crippen LogP contribution in [0, 0.1) is 5.92 Å². The van der Waals surface area contributed by atoms with E-state index in [0.29, 0.717) is 38.8 Å². The van der Waals surface area contributed by atoms with Crippen LogP contribution in [-0.2, 0) is 14.9 Å². The fourth-order valence-electron chi connectivity index (χ4n) is 2.97. The molecule has 1 aromatic rings. The van der Waals surface area contributed by atoms with Crippen LogP contribution in [0.5, 0.6) is 0 Å². The minimum absolute atomic E-state index is 0.357. The van der Waals surface area contributed by atoms with Gasteiger partial charge in [0.2, 0.25) is 0 Å². The number of benzene rings is 1. The molecule has 0 aromatic heterocycles. The summed E-state index contributed by atoms with van der Waals surface area (Å²) < 4.78 is 33.9. The second kappa shape index (κ2) is 6.95. The molecule has 1 aromatic carbocycles. The standard InChI is InChI=1S/C15H23N3O3S/c19-22(20,18-8-10-21-11-9-18)16-12-14-6-7-17(13-14)15-4-2-1-3-5-15/h1-5,14,16H,6-13H2. The number of ether oxygens (including phenoxy) is 1. The van der Waals surface area contributed by atoms with Crippen molar-refractivity contribution in [2.75, 3.05) is 50.8 Å². The Hall–Kier alpha value is -1.15. The number of morpholine rings is 1. The minimum atomic E-state index is -3.37. The number of anilines is 1. The quantitative estimate of drug-likeness (QED) is 0.865. The van der Waals surface area contributed by atoms with E-state index in [-0.39, 0.29) is 0 Å². The van der Waals surface area contributed by atoms with Gasteiger partial charge in [0.05, 0.1) is 13.2 Å². The van der Waals surface area contributed by atoms with Gasteiger partial charge in [-0.25, -0.2) is 4.72 Å². The second-order valence-corrected chi connectivity index (χ2v) is 7.56. The Morgan fingerprint density at radius 2 is 1.86 bits per heavy atom. The van der Waals surface area contributed by atoms with Gasteiger partial charge in [0.15, 0.2) is 0 Å². The summed E-state index contributed by atoms with van der Waals surface area (Å²) in [6.07, 6.45) is 1.01. The number of nitrogens with zero attached hydrogens (tertiary/aromatic N) is 2. The van der Waals surface area contributed by atoms with Crippen LogP contribution in [0.4, 0.5) is 5.69 Å². The van der Waals surface area contributed by atoms with Crippen LogP contribution < -0.4 is 9.62 Å². The molecule has 2 heterocycles. The first-order valence-corrected chi connectivity index (χ1v) is 9.21. The zero-order chi connectivity index (χ0) is 15.4. The molecule has 0 saturated carbocycles. The lowest BCUT2D eigenvalue weighted by Crippen LogP contribution is -2.47. The van der Waals surface area contributed by atoms with E-state index in [1.54, 1.807) is 0 Å². The van der Waals surface area contributed by atoms with Gasteiger partial charge in [-0.3, -0.25) is 0 Å². The van der Waals surface area contributed by atoms with E-state index in [4.69, 9.17) is 4.74 Å². The molecule has 22 heavy (non-hydrogen) atoms. The highest BCUT2D eigenvalue weighted by atomic mass is 32.2. The SMILES string of the molecule is O=S(=O)(NCC1CCN(c2ccccc2)C1)N1CCOCC1. The zero-order valence-corrected chi connectivity index (χ0v) is 13.5. The predicted octanol–water partition coefficient (Wildman–Crippen LogP) is 0.679. The van der Waals surface area contributed by atoms with Crippen molar-refractivity contribution in [2.24, 2.45) is 5.92 Å². The second-order valence-electron chi connectivity index (χ2n) is 5.80. The summed E-state index contributed by atoms with van der Waals surface area (Å²) in [4.78, 5) is 2.31. The van der Waals surface area contributed by atoms with Crippen molar-refractivity contribution in [1.82, 2.24) is 9.03 Å². The molecule has 6 nitrogen and oxygen atoms in total. The van der Waals surface area contributed by atoms with Crippen molar-refractivity contribution in [3.8, 4) is 0 Å². The molecule has 0 radical (unpaired) electrons. The van der Waals surface area contributed by atoms with E-state index in [0.717, 1.165) is 19.5 Å². The number of para-hydroxylation sites is 1. The van der Waals surface area contributed by atoms with E-state index in [9.17, 15) is 8.42 Å². The van der Waals surface area contributed by atoms with Gasteiger partial charge in [-0.15, -0.1) is 0 Å². The Bertz CT molecular complexity index is 573. The Kier molecular flexibility index (Phi) is 4.97. The summed E-state index contributed by atoms with van der Waals surface area (Å²) >= 11 is 0. The fourth-order valence-corrected chi connectivity index (χ4v) is 4.23. The fraction of sp³-hybridized carbons (Fsp3) is 0.600. The van der Waals surface area contributed by atoms with Gasteiger partial charge in [-0.1, -0.05) is 18.2 Å². The number of rotatable bonds is 5. The number of nitrogens with one attached hydrogen (secondary N) is 1. The molecule has 2 aliphatic heterocycles. The van der Waals surface area contributed by atoms with Crippen molar-refractivity contribution in [3.05, 3.63) is 30.3 Å². The van der Waals surface area contributed by atoms with Crippen LogP contribution in [-0.4, -0.2) is 58.7 Å². The highest BCUT2D eigenvalue weighted by Gasteiger charge is 2.27. The van der Waals surface area contributed by atoms with Gasteiger partial charge in [0, 0.05) is 38.4 Å². The molecule has 0 amide bonds. The normalized spacial score (nSPS) is 23.8. The van der Waals surface area contributed by atoms with Crippen molar-refractivity contribution in [1.29, 1.82) is 0 Å². The molecular weight excluding hydrogens is 302 g/mol. The van der Waals surface area contributed by atoms with Crippen LogP contribution in [0.15, 0.2) is 30.3 Å². The summed E-state index contributed by atoms with van der Waals surface area (Å²) in [5.74, 6) is 0.357. The molecule has 122 valence electrons. The van der Waals surface area contributed by atoms with Crippen LogP contribution in [0.1, 0.15) is 6.42 Å². The molecule has 0 spiro atoms. The van der Waals surface area contributed by atoms with E-state index in [2.05, 4.69) is 21.8 Å². The maximum absolute atomic E-state index is 12.2. The van der Waals surface area contributed by atoms with Crippen molar-refractivity contribution in [3.63, 3.8) is 0 Å². The average molecular weight is 325 g/mol. The molecule has 2 fully saturated rings. The first-order valence-electron chi connectivity index (χ1n) is 7.77. The van der Waals surface area contributed by atoms with Gasteiger partial charge < -0.3 is 9.64 Å². The van der Waals surface area contributed by atoms with Gasteiger partial charge >= 0.3 is 0 Å². The molecule has 1 atom stereocenters. The molecule has 3 rings (SSSR count). The van der Waals surface area contributed by atoms with Crippen molar-refractivity contribution >= 4 is 15.9 Å². The van der Waals surface area contributed by atoms with E-state index < -0.39 is 10.2 Å². The average Bonchev–Trinajstić information content (AvgIpc) is 3.04. The predicted molar refractivity (Wildman–Crippen MR) is 86.1 cm³/mol. The number of hydrogen-bond donors (Lipinski definition) is 1. The van der Waals surface area contributed by atoms with E-state index >= 15 is 0 Å². The van der Waals surface area contributed by atoms with Gasteiger partial charge in [-0.2, -0.15) is 12.7 Å². The van der Waals surface area contributed by atoms with Gasteiger partial charge in [-0.05, 0) is 24.5 Å². The Balaban J connectivity index is 1.50. The third-order valence-corrected chi connectivity index (χ3v) is 5.85. The van der Waals surface area contributed by atoms with Gasteiger partial charge in [0.1, 0.15) is 0 Å². The van der Waals surface area contributed by atoms with E-state index in [1.165, 1.54) is 9.99 Å². The van der Waals surface area contributed by atoms with Gasteiger partial charge in [0.25, 0.3) is 10.2 Å². The smallest absolute Gasteiger partial charge is 0.279 e. The lowest BCUT2D eigenvalue weighted by Gasteiger charge is -2.26. The Morgan fingerprint density at radius 1 is 1.14 bits per heavy atom. The van der Waals surface area contributed by atoms with Crippen molar-refractivity contribution in [2.45, 2.75) is 6.42 Å². The molecule has 0 aliphatic carbocycles. The summed E-state index contributed by atoms with van der Waals surface area (Å²) in [6.45, 7) is 4.22. The van der Waals surface area contributed by atoms with E-state index in [1.807, 2.05) is 18.2 Å². The molecular formula is C15H23N3O3S. The highest BCUT2D eigenvalue weighted by Crippen LogP contribution is 2.23. The third kappa shape index (κ3) is 3.78. The summed E-state index contributed by atoms with van der Waals surface area (Å²) in [6, 6.07) is 10.3. The van der Waals surface area contributed by atoms with Crippen molar-refractivity contribution < 1.29 is 13.2 Å². The van der Waals surface area contributed by atoms with Crippen LogP contribution in [0.3, 0.4) is 0 Å². The third-order valence-electron chi connectivity index (χ3n) is 4.27. The summed E-state index contributed by atoms with van der Waals surface area (Å²) in [5, 5.41) is 0. The maximum Gasteiger partial charge on any atom is 0.279 e. The molecule has 2 saturated heterocycles. The van der Waals surface area contributed by atoms with Crippen LogP contribution in [0.25, 0.3) is 0 Å². The Labute approximate surface area is 132 Å². The molecule has 1 unspecified atom stereocenters. The maximum atomic E-state index is 12.2. The lowest BCUT2D eigenvalue weighted by atomic mass is 10.1. The zero-order valence-electron chi connectivity index (χ0n) is 12.6. The summed E-state index contributed by atoms with van der Waals surface area (Å²) in [5.41, 5.74) is 1.21. The number of hydrogen-bond acceptors (Lipinski definition) is 4. The highest BCUT2D eigenvalue weighted by molar-refractivity contribution is 7.87. The first kappa shape index (κ1) is 15.7. The van der Waals surface area contributed by atoms with Crippen LogP contribution >= 0.6 is 0 Å². The molecule has 1 N–H and O–H groups in total. The largest absolute Gasteiger partial charge is 0.379 e. The Morgan fingerprint density at radius 3 is 2.59 bits per heavy atom. The topological polar surface area (TPSA) is 61.9 Å². The summed E-state index contributed by atoms with van der Waals surface area (Å²) in [7, 11) is -3.37. The first-order chi connectivity index (χ1) is 10.6. The lowest BCUT2D eigenvalue weighted by molar-refractivity contribution is 0.0724.